The van der Waals surface area contributed by atoms with Crippen LogP contribution in [-0.2, 0) is 11.0 Å². The number of nitrogens with two attached hydrogens (primary N) is 3. The zero-order valence-electron chi connectivity index (χ0n) is 24.7. The minimum atomic E-state index is -5.02. The predicted octanol–water partition coefficient (Wildman–Crippen LogP) is 5.87. The molecule has 0 aromatic carbocycles. The maximum absolute atomic E-state index is 14.1. The molecule has 2 heterocycles. The molecule has 1 aromatic heterocycles. The van der Waals surface area contributed by atoms with Gasteiger partial charge >= 0.3 is 6.18 Å². The maximum atomic E-state index is 14.1. The summed E-state index contributed by atoms with van der Waals surface area (Å²) in [6.07, 6.45) is -0.136. The van der Waals surface area contributed by atoms with Gasteiger partial charge in [0.1, 0.15) is 0 Å². The van der Waals surface area contributed by atoms with Crippen molar-refractivity contribution in [3.8, 4) is 0 Å². The molecule has 1 aliphatic heterocycles. The minimum Gasteiger partial charge on any atom is -0.402 e. The molecule has 0 saturated carbocycles. The van der Waals surface area contributed by atoms with Crippen molar-refractivity contribution in [2.75, 3.05) is 19.3 Å². The molecule has 1 aromatic rings. The van der Waals surface area contributed by atoms with E-state index < -0.39 is 40.9 Å². The third-order valence-corrected chi connectivity index (χ3v) is 6.01. The maximum Gasteiger partial charge on any atom is 0.436 e. The minimum absolute atomic E-state index is 0.146. The van der Waals surface area contributed by atoms with Crippen molar-refractivity contribution in [3.63, 3.8) is 0 Å². The van der Waals surface area contributed by atoms with Gasteiger partial charge in [0.15, 0.2) is 17.3 Å². The number of nitrogen functional groups attached to an aromatic ring is 1. The second kappa shape index (κ2) is 18.9. The fraction of sp³-hybridized carbons (Fsp3) is 0.571. The van der Waals surface area contributed by atoms with Crippen molar-refractivity contribution >= 4 is 23.1 Å². The first-order valence-electron chi connectivity index (χ1n) is 13.4. The van der Waals surface area contributed by atoms with Crippen LogP contribution in [-0.4, -0.2) is 46.9 Å². The molecule has 40 heavy (non-hydrogen) atoms. The molecular weight excluding hydrogens is 528 g/mol. The summed E-state index contributed by atoms with van der Waals surface area (Å²) in [6, 6.07) is -0.537. The number of nitrogens with one attached hydrogen (secondary N) is 1. The number of aromatic nitrogens is 1. The van der Waals surface area contributed by atoms with Crippen molar-refractivity contribution in [2.24, 2.45) is 17.4 Å². The van der Waals surface area contributed by atoms with Gasteiger partial charge in [0.25, 0.3) is 5.91 Å². The highest BCUT2D eigenvalue weighted by Crippen LogP contribution is 2.34. The molecule has 7 N–H and O–H groups in total. The van der Waals surface area contributed by atoms with Crippen LogP contribution < -0.4 is 17.2 Å². The number of halogens is 4. The van der Waals surface area contributed by atoms with E-state index in [-0.39, 0.29) is 18.2 Å². The molecule has 0 radical (unpaired) electrons. The van der Waals surface area contributed by atoms with Gasteiger partial charge in [-0.2, -0.15) is 13.2 Å². The summed E-state index contributed by atoms with van der Waals surface area (Å²) < 4.78 is 52.5. The zero-order valence-corrected chi connectivity index (χ0v) is 24.7. The van der Waals surface area contributed by atoms with E-state index in [1.54, 1.807) is 6.92 Å². The molecular formula is C28H46F4N6O2. The Hall–Kier alpha value is -3.28. The Morgan fingerprint density at radius 1 is 1.23 bits per heavy atom. The van der Waals surface area contributed by atoms with Gasteiger partial charge in [-0.25, -0.2) is 9.37 Å². The highest BCUT2D eigenvalue weighted by atomic mass is 19.4. The largest absolute Gasteiger partial charge is 0.436 e. The van der Waals surface area contributed by atoms with E-state index in [4.69, 9.17) is 16.9 Å². The van der Waals surface area contributed by atoms with Gasteiger partial charge in [-0.05, 0) is 32.4 Å². The van der Waals surface area contributed by atoms with Crippen molar-refractivity contribution in [1.29, 1.82) is 5.41 Å². The number of carbonyl (C=O) groups excluding carboxylic acids is 2. The van der Waals surface area contributed by atoms with Crippen LogP contribution in [0.3, 0.4) is 0 Å². The second-order valence-electron chi connectivity index (χ2n) is 8.50. The summed E-state index contributed by atoms with van der Waals surface area (Å²) in [7, 11) is 1.50. The van der Waals surface area contributed by atoms with Gasteiger partial charge in [-0.15, -0.1) is 0 Å². The number of nitrogens with zero attached hydrogens (tertiary/aromatic N) is 2. The van der Waals surface area contributed by atoms with E-state index in [2.05, 4.69) is 17.3 Å². The number of carbonyl (C=O) groups is 2. The molecule has 0 spiro atoms. The van der Waals surface area contributed by atoms with Crippen LogP contribution in [0.5, 0.6) is 0 Å². The molecule has 12 heteroatoms. The van der Waals surface area contributed by atoms with E-state index in [9.17, 15) is 27.2 Å². The van der Waals surface area contributed by atoms with E-state index in [0.29, 0.717) is 42.4 Å². The standard InChI is InChI=1S/C18H23F4N5O.C7H12O.C2H6.CH5N/c1-3-5-10(23)13-11(24)6-7-27(12(13)4-2)17(28)9-8-26-16(18(20,21)22)14(19)15(9)25;1-4-6(3)7(8)5-2;2*1-2/h8,12,23H,3-7,24H2,1-2H3,(H2,25,26);5-6H,2,4H2,1,3H3;1-2H3;2H2,1H3/t;6-;;/m.1../s1. The molecule has 0 aliphatic carbocycles. The number of amides is 1. The van der Waals surface area contributed by atoms with Gasteiger partial charge in [-0.1, -0.05) is 54.5 Å². The molecule has 1 aliphatic rings. The lowest BCUT2D eigenvalue weighted by Crippen LogP contribution is -2.47. The molecule has 8 nitrogen and oxygen atoms in total. The molecule has 0 saturated heterocycles. The number of anilines is 1. The summed E-state index contributed by atoms with van der Waals surface area (Å²) in [5.74, 6) is -2.20. The van der Waals surface area contributed by atoms with E-state index in [1.807, 2.05) is 34.6 Å². The van der Waals surface area contributed by atoms with Gasteiger partial charge in [0.05, 0.1) is 17.3 Å². The van der Waals surface area contributed by atoms with Crippen LogP contribution in [0, 0.1) is 17.1 Å². The Bertz CT molecular complexity index is 1020. The summed E-state index contributed by atoms with van der Waals surface area (Å²) in [4.78, 5) is 28.0. The lowest BCUT2D eigenvalue weighted by molar-refractivity contribution is -0.143. The lowest BCUT2D eigenvalue weighted by Gasteiger charge is -2.38. The molecule has 2 atom stereocenters. The molecule has 0 bridgehead atoms. The Morgan fingerprint density at radius 3 is 2.17 bits per heavy atom. The van der Waals surface area contributed by atoms with Crippen molar-refractivity contribution < 1.29 is 27.2 Å². The van der Waals surface area contributed by atoms with E-state index in [0.717, 1.165) is 12.8 Å². The summed E-state index contributed by atoms with van der Waals surface area (Å²) in [5.41, 5.74) is 14.4. The van der Waals surface area contributed by atoms with Gasteiger partial charge in [-0.3, -0.25) is 9.59 Å². The summed E-state index contributed by atoms with van der Waals surface area (Å²) in [6.45, 7) is 15.2. The normalized spacial score (nSPS) is 15.3. The first-order valence-corrected chi connectivity index (χ1v) is 13.4. The van der Waals surface area contributed by atoms with Crippen LogP contribution in [0.2, 0.25) is 0 Å². The van der Waals surface area contributed by atoms with Crippen LogP contribution in [0.1, 0.15) is 89.7 Å². The van der Waals surface area contributed by atoms with Gasteiger partial charge in [0.2, 0.25) is 0 Å². The number of pyridine rings is 1. The number of ketones is 1. The van der Waals surface area contributed by atoms with Crippen LogP contribution in [0.4, 0.5) is 23.2 Å². The average molecular weight is 575 g/mol. The molecule has 0 fully saturated rings. The Morgan fingerprint density at radius 2 is 1.77 bits per heavy atom. The summed E-state index contributed by atoms with van der Waals surface area (Å²) >= 11 is 0. The molecule has 2 rings (SSSR count). The van der Waals surface area contributed by atoms with Crippen molar-refractivity contribution in [2.45, 2.75) is 85.9 Å². The Balaban J connectivity index is 0. The topological polar surface area (TPSA) is 152 Å². The Kier molecular flexibility index (Phi) is 18.4. The average Bonchev–Trinajstić information content (AvgIpc) is 2.94. The van der Waals surface area contributed by atoms with Gasteiger partial charge < -0.3 is 27.5 Å². The fourth-order valence-electron chi connectivity index (χ4n) is 3.77. The first kappa shape index (κ1) is 38.9. The number of allylic oxidation sites excluding steroid dienone is 1. The second-order valence-corrected chi connectivity index (χ2v) is 8.50. The smallest absolute Gasteiger partial charge is 0.402 e. The first-order chi connectivity index (χ1) is 18.8. The number of hydrogen-bond donors (Lipinski definition) is 4. The lowest BCUT2D eigenvalue weighted by atomic mass is 9.89. The number of hydrogen-bond acceptors (Lipinski definition) is 7. The highest BCUT2D eigenvalue weighted by molar-refractivity contribution is 6.03. The SMILES string of the molecule is C=CC(=O)[C@H](C)CC.CC.CCCC(=N)C1=C(N)CCN(C(=O)c2cnc(C(F)(F)F)c(F)c2N)C1CC.CN. The van der Waals surface area contributed by atoms with Crippen molar-refractivity contribution in [1.82, 2.24) is 9.88 Å². The fourth-order valence-corrected chi connectivity index (χ4v) is 3.77. The molecule has 228 valence electrons. The zero-order chi connectivity index (χ0) is 31.8. The highest BCUT2D eigenvalue weighted by Gasteiger charge is 2.39. The number of rotatable bonds is 8. The monoisotopic (exact) mass is 574 g/mol. The van der Waals surface area contributed by atoms with E-state index in [1.165, 1.54) is 18.0 Å². The van der Waals surface area contributed by atoms with E-state index >= 15 is 0 Å². The van der Waals surface area contributed by atoms with Gasteiger partial charge in [0, 0.05) is 42.1 Å². The summed E-state index contributed by atoms with van der Waals surface area (Å²) in [5, 5.41) is 8.26. The number of alkyl halides is 3. The predicted molar refractivity (Wildman–Crippen MR) is 153 cm³/mol. The third-order valence-electron chi connectivity index (χ3n) is 6.01. The third kappa shape index (κ3) is 10.4. The van der Waals surface area contributed by atoms with Crippen molar-refractivity contribution in [3.05, 3.63) is 47.2 Å². The molecule has 1 unspecified atom stereocenters. The van der Waals surface area contributed by atoms with Crippen LogP contribution in [0.25, 0.3) is 0 Å². The quantitative estimate of drug-likeness (QED) is 0.173. The van der Waals surface area contributed by atoms with Crippen LogP contribution >= 0.6 is 0 Å². The molecule has 1 amide bonds. The Labute approximate surface area is 235 Å². The van der Waals surface area contributed by atoms with Crippen LogP contribution in [0.15, 0.2) is 30.1 Å².